The summed E-state index contributed by atoms with van der Waals surface area (Å²) in [5, 5.41) is 6.49. The minimum Gasteiger partial charge on any atom is -0.356 e. The van der Waals surface area contributed by atoms with Crippen LogP contribution in [0.15, 0.2) is 34.1 Å². The summed E-state index contributed by atoms with van der Waals surface area (Å²) >= 11 is 5.24. The van der Waals surface area contributed by atoms with Gasteiger partial charge in [-0.2, -0.15) is 0 Å². The number of halogens is 1. The number of anilines is 1. The minimum absolute atomic E-state index is 0.0652. The van der Waals surface area contributed by atoms with Gasteiger partial charge in [0.25, 0.3) is 0 Å². The Labute approximate surface area is 195 Å². The van der Waals surface area contributed by atoms with Crippen molar-refractivity contribution >= 4 is 49.9 Å². The van der Waals surface area contributed by atoms with Crippen LogP contribution >= 0.6 is 27.3 Å². The quantitative estimate of drug-likeness (QED) is 0.499. The van der Waals surface area contributed by atoms with Crippen LogP contribution in [0, 0.1) is 12.8 Å². The van der Waals surface area contributed by atoms with Gasteiger partial charge in [-0.15, -0.1) is 11.3 Å². The number of fused-ring (bicyclic) bond motifs is 1. The van der Waals surface area contributed by atoms with Gasteiger partial charge < -0.3 is 10.2 Å². The van der Waals surface area contributed by atoms with Gasteiger partial charge in [0.1, 0.15) is 11.6 Å². The molecule has 3 aromatic rings. The van der Waals surface area contributed by atoms with Gasteiger partial charge in [-0.1, -0.05) is 34.5 Å². The van der Waals surface area contributed by atoms with E-state index >= 15 is 0 Å². The molecular formula is C24H27BrN4OS. The molecule has 3 heterocycles. The van der Waals surface area contributed by atoms with E-state index in [4.69, 9.17) is 9.97 Å². The van der Waals surface area contributed by atoms with Crippen LogP contribution in [0.25, 0.3) is 10.9 Å². The summed E-state index contributed by atoms with van der Waals surface area (Å²) in [6.45, 7) is 4.45. The monoisotopic (exact) mass is 498 g/mol. The second-order valence-electron chi connectivity index (χ2n) is 8.69. The van der Waals surface area contributed by atoms with Crippen LogP contribution in [-0.2, 0) is 11.3 Å². The maximum Gasteiger partial charge on any atom is 0.223 e. The molecule has 1 amide bonds. The van der Waals surface area contributed by atoms with E-state index in [2.05, 4.69) is 38.5 Å². The zero-order chi connectivity index (χ0) is 21.4. The van der Waals surface area contributed by atoms with Crippen molar-refractivity contribution in [2.45, 2.75) is 51.5 Å². The average Bonchev–Trinajstić information content (AvgIpc) is 3.11. The summed E-state index contributed by atoms with van der Waals surface area (Å²) in [6, 6.07) is 8.08. The Morgan fingerprint density at radius 1 is 1.23 bits per heavy atom. The molecule has 0 spiro atoms. The lowest BCUT2D eigenvalue weighted by Crippen LogP contribution is -2.41. The number of aromatic nitrogens is 2. The molecule has 1 saturated carbocycles. The number of nitrogens with one attached hydrogen (secondary N) is 1. The second-order valence-corrected chi connectivity index (χ2v) is 10.7. The van der Waals surface area contributed by atoms with E-state index in [0.717, 1.165) is 53.1 Å². The van der Waals surface area contributed by atoms with Crippen LogP contribution in [0.1, 0.15) is 54.3 Å². The summed E-state index contributed by atoms with van der Waals surface area (Å²) in [5.41, 5.74) is 2.20. The summed E-state index contributed by atoms with van der Waals surface area (Å²) in [5.74, 6) is 2.84. The van der Waals surface area contributed by atoms with Crippen LogP contribution in [0.2, 0.25) is 0 Å². The highest BCUT2D eigenvalue weighted by atomic mass is 79.9. The minimum atomic E-state index is 0.0652. The van der Waals surface area contributed by atoms with Gasteiger partial charge in [-0.3, -0.25) is 4.79 Å². The third kappa shape index (κ3) is 4.35. The number of aryl methyl sites for hydroxylation is 1. The van der Waals surface area contributed by atoms with Crippen LogP contribution in [-0.4, -0.2) is 29.0 Å². The van der Waals surface area contributed by atoms with Crippen LogP contribution in [0.5, 0.6) is 0 Å². The Hall–Kier alpha value is -1.99. The molecule has 0 unspecified atom stereocenters. The SMILES string of the molecule is Cc1scc2nc(C3CCC3)nc(N3CCC(C(=O)NCc4cccc(Br)c4)CC3)c12. The molecule has 0 bridgehead atoms. The van der Waals surface area contributed by atoms with E-state index in [-0.39, 0.29) is 11.8 Å². The maximum absolute atomic E-state index is 12.7. The van der Waals surface area contributed by atoms with E-state index in [1.807, 2.05) is 24.3 Å². The van der Waals surface area contributed by atoms with Crippen molar-refractivity contribution in [2.75, 3.05) is 18.0 Å². The lowest BCUT2D eigenvalue weighted by Gasteiger charge is -2.33. The van der Waals surface area contributed by atoms with Crippen LogP contribution < -0.4 is 10.2 Å². The number of piperidine rings is 1. The Balaban J connectivity index is 1.26. The van der Waals surface area contributed by atoms with E-state index in [1.165, 1.54) is 29.5 Å². The molecule has 2 fully saturated rings. The van der Waals surface area contributed by atoms with E-state index in [9.17, 15) is 4.79 Å². The van der Waals surface area contributed by atoms with Crippen molar-refractivity contribution in [2.24, 2.45) is 5.92 Å². The van der Waals surface area contributed by atoms with Gasteiger partial charge in [0.05, 0.1) is 10.9 Å². The topological polar surface area (TPSA) is 58.1 Å². The van der Waals surface area contributed by atoms with Gasteiger partial charge in [-0.05, 0) is 50.3 Å². The zero-order valence-electron chi connectivity index (χ0n) is 17.7. The van der Waals surface area contributed by atoms with Crippen LogP contribution in [0.3, 0.4) is 0 Å². The first-order valence-corrected chi connectivity index (χ1v) is 12.8. The third-order valence-corrected chi connectivity index (χ3v) is 8.02. The summed E-state index contributed by atoms with van der Waals surface area (Å²) in [6.07, 6.45) is 5.41. The number of benzene rings is 1. The average molecular weight is 499 g/mol. The fraction of sp³-hybridized carbons (Fsp3) is 0.458. The molecule has 1 N–H and O–H groups in total. The lowest BCUT2D eigenvalue weighted by atomic mass is 9.85. The molecule has 1 aliphatic heterocycles. The summed E-state index contributed by atoms with van der Waals surface area (Å²) in [7, 11) is 0. The number of carbonyl (C=O) groups excluding carboxylic acids is 1. The second kappa shape index (κ2) is 8.87. The number of amides is 1. The number of nitrogens with zero attached hydrogens (tertiary/aromatic N) is 3. The van der Waals surface area contributed by atoms with Crippen molar-refractivity contribution in [3.05, 3.63) is 50.4 Å². The molecule has 0 atom stereocenters. The first-order valence-electron chi connectivity index (χ1n) is 11.1. The standard InChI is InChI=1S/C24H27BrN4OS/c1-15-21-20(14-31-15)27-22(17-5-3-6-17)28-23(21)29-10-8-18(9-11-29)24(30)26-13-16-4-2-7-19(25)12-16/h2,4,7,12,14,17-18H,3,5-6,8-11,13H2,1H3,(H,26,30). The first kappa shape index (κ1) is 20.9. The Bertz CT molecular complexity index is 1100. The number of hydrogen-bond acceptors (Lipinski definition) is 5. The Morgan fingerprint density at radius 3 is 2.74 bits per heavy atom. The van der Waals surface area contributed by atoms with E-state index < -0.39 is 0 Å². The van der Waals surface area contributed by atoms with Crippen molar-refractivity contribution in [3.63, 3.8) is 0 Å². The van der Waals surface area contributed by atoms with Crippen molar-refractivity contribution in [3.8, 4) is 0 Å². The number of carbonyl (C=O) groups is 1. The number of rotatable bonds is 5. The molecule has 5 rings (SSSR count). The maximum atomic E-state index is 12.7. The zero-order valence-corrected chi connectivity index (χ0v) is 20.1. The van der Waals surface area contributed by atoms with Gasteiger partial charge in [0.2, 0.25) is 5.91 Å². The molecule has 1 aliphatic carbocycles. The molecule has 2 aromatic heterocycles. The van der Waals surface area contributed by atoms with E-state index in [0.29, 0.717) is 12.5 Å². The smallest absolute Gasteiger partial charge is 0.223 e. The summed E-state index contributed by atoms with van der Waals surface area (Å²) in [4.78, 5) is 26.3. The van der Waals surface area contributed by atoms with Gasteiger partial charge in [0, 0.05) is 46.2 Å². The molecule has 162 valence electrons. The van der Waals surface area contributed by atoms with Gasteiger partial charge in [-0.25, -0.2) is 9.97 Å². The predicted octanol–water partition coefficient (Wildman–Crippen LogP) is 5.56. The molecule has 5 nitrogen and oxygen atoms in total. The highest BCUT2D eigenvalue weighted by Gasteiger charge is 2.29. The molecule has 0 radical (unpaired) electrons. The highest BCUT2D eigenvalue weighted by Crippen LogP contribution is 2.39. The van der Waals surface area contributed by atoms with E-state index in [1.54, 1.807) is 11.3 Å². The molecular weight excluding hydrogens is 472 g/mol. The fourth-order valence-corrected chi connectivity index (χ4v) is 5.74. The van der Waals surface area contributed by atoms with Crippen molar-refractivity contribution in [1.29, 1.82) is 0 Å². The van der Waals surface area contributed by atoms with Crippen molar-refractivity contribution in [1.82, 2.24) is 15.3 Å². The fourth-order valence-electron chi connectivity index (χ4n) is 4.52. The van der Waals surface area contributed by atoms with Crippen molar-refractivity contribution < 1.29 is 4.79 Å². The molecule has 1 saturated heterocycles. The number of hydrogen-bond donors (Lipinski definition) is 1. The summed E-state index contributed by atoms with van der Waals surface area (Å²) < 4.78 is 1.04. The molecule has 1 aromatic carbocycles. The normalized spacial score (nSPS) is 17.7. The lowest BCUT2D eigenvalue weighted by molar-refractivity contribution is -0.125. The number of thiophene rings is 1. The first-order chi connectivity index (χ1) is 15.1. The van der Waals surface area contributed by atoms with Gasteiger partial charge in [0.15, 0.2) is 0 Å². The predicted molar refractivity (Wildman–Crippen MR) is 130 cm³/mol. The highest BCUT2D eigenvalue weighted by molar-refractivity contribution is 9.10. The molecule has 7 heteroatoms. The third-order valence-electron chi connectivity index (χ3n) is 6.63. The van der Waals surface area contributed by atoms with Crippen LogP contribution in [0.4, 0.5) is 5.82 Å². The van der Waals surface area contributed by atoms with Gasteiger partial charge >= 0.3 is 0 Å². The largest absolute Gasteiger partial charge is 0.356 e. The Kier molecular flexibility index (Phi) is 5.97. The molecule has 2 aliphatic rings. The Morgan fingerprint density at radius 2 is 2.03 bits per heavy atom. The molecule has 31 heavy (non-hydrogen) atoms.